The average Bonchev–Trinajstić information content (AvgIpc) is 2.29. The highest BCUT2D eigenvalue weighted by atomic mass is 19.4. The van der Waals surface area contributed by atoms with Gasteiger partial charge in [0.15, 0.2) is 0 Å². The van der Waals surface area contributed by atoms with Crippen molar-refractivity contribution in [2.24, 2.45) is 0 Å². The highest BCUT2D eigenvalue weighted by Gasteiger charge is 2.36. The molecule has 0 aromatic carbocycles. The zero-order valence-corrected chi connectivity index (χ0v) is 10.0. The van der Waals surface area contributed by atoms with Gasteiger partial charge in [-0.25, -0.2) is 0 Å². The lowest BCUT2D eigenvalue weighted by atomic mass is 9.83. The molecule has 17 heavy (non-hydrogen) atoms. The first-order chi connectivity index (χ1) is 7.98. The molecule has 0 fully saturated rings. The predicted molar refractivity (Wildman–Crippen MR) is 62.6 cm³/mol. The van der Waals surface area contributed by atoms with Crippen LogP contribution in [-0.4, -0.2) is 6.18 Å². The Morgan fingerprint density at radius 3 is 2.41 bits per heavy atom. The van der Waals surface area contributed by atoms with E-state index in [4.69, 9.17) is 0 Å². The number of hydrogen-bond donors (Lipinski definition) is 0. The van der Waals surface area contributed by atoms with Gasteiger partial charge in [-0.2, -0.15) is 13.2 Å². The van der Waals surface area contributed by atoms with E-state index in [1.165, 1.54) is 6.08 Å². The Kier molecular flexibility index (Phi) is 3.45. The molecule has 3 heteroatoms. The van der Waals surface area contributed by atoms with Crippen molar-refractivity contribution in [3.63, 3.8) is 0 Å². The number of alkyl halides is 3. The van der Waals surface area contributed by atoms with Crippen LogP contribution < -0.4 is 0 Å². The lowest BCUT2D eigenvalue weighted by molar-refractivity contribution is -0.0893. The van der Waals surface area contributed by atoms with Crippen LogP contribution in [-0.2, 0) is 0 Å². The van der Waals surface area contributed by atoms with Crippen molar-refractivity contribution in [1.82, 2.24) is 0 Å². The average molecular weight is 242 g/mol. The summed E-state index contributed by atoms with van der Waals surface area (Å²) >= 11 is 0. The first kappa shape index (κ1) is 12.5. The highest BCUT2D eigenvalue weighted by molar-refractivity contribution is 5.46. The Labute approximate surface area is 99.9 Å². The van der Waals surface area contributed by atoms with Crippen LogP contribution in [0.4, 0.5) is 13.2 Å². The smallest absolute Gasteiger partial charge is 0.166 e. The molecule has 0 spiro atoms. The normalized spacial score (nSPS) is 22.4. The van der Waals surface area contributed by atoms with E-state index in [9.17, 15) is 13.2 Å². The summed E-state index contributed by atoms with van der Waals surface area (Å²) in [5, 5.41) is 0. The second-order valence-corrected chi connectivity index (χ2v) is 4.86. The third-order valence-corrected chi connectivity index (χ3v) is 3.47. The summed E-state index contributed by atoms with van der Waals surface area (Å²) in [6.45, 7) is 1.78. The van der Waals surface area contributed by atoms with E-state index in [2.05, 4.69) is 0 Å². The Hall–Kier alpha value is -0.990. The lowest BCUT2D eigenvalue weighted by Gasteiger charge is -2.24. The zero-order valence-electron chi connectivity index (χ0n) is 10.0. The largest absolute Gasteiger partial charge is 0.416 e. The predicted octanol–water partition coefficient (Wildman–Crippen LogP) is 5.09. The molecule has 0 N–H and O–H groups in total. The van der Waals surface area contributed by atoms with Crippen molar-refractivity contribution >= 4 is 0 Å². The maximum atomic E-state index is 13.0. The van der Waals surface area contributed by atoms with Crippen LogP contribution in [0.5, 0.6) is 0 Å². The molecule has 2 rings (SSSR count). The minimum atomic E-state index is -4.21. The summed E-state index contributed by atoms with van der Waals surface area (Å²) in [5.41, 5.74) is 1.90. The molecule has 0 aliphatic heterocycles. The molecule has 0 aromatic heterocycles. The quantitative estimate of drug-likeness (QED) is 0.601. The second-order valence-electron chi connectivity index (χ2n) is 4.86. The number of halogens is 3. The number of allylic oxidation sites excluding steroid dienone is 6. The van der Waals surface area contributed by atoms with Gasteiger partial charge in [0.05, 0.1) is 5.57 Å². The molecule has 0 atom stereocenters. The summed E-state index contributed by atoms with van der Waals surface area (Å²) in [6.07, 6.45) is 4.27. The summed E-state index contributed by atoms with van der Waals surface area (Å²) in [7, 11) is 0. The van der Waals surface area contributed by atoms with Gasteiger partial charge in [0, 0.05) is 0 Å². The summed E-state index contributed by atoms with van der Waals surface area (Å²) in [5.74, 6) is 0. The first-order valence-electron chi connectivity index (χ1n) is 6.15. The van der Waals surface area contributed by atoms with Crippen LogP contribution in [0.15, 0.2) is 34.4 Å². The molecule has 0 unspecified atom stereocenters. The Morgan fingerprint density at radius 2 is 1.82 bits per heavy atom. The summed E-state index contributed by atoms with van der Waals surface area (Å²) in [6, 6.07) is 0. The monoisotopic (exact) mass is 242 g/mol. The van der Waals surface area contributed by atoms with E-state index in [1.54, 1.807) is 6.92 Å². The molecule has 2 aliphatic carbocycles. The molecule has 0 bridgehead atoms. The van der Waals surface area contributed by atoms with E-state index in [1.807, 2.05) is 6.08 Å². The van der Waals surface area contributed by atoms with Gasteiger partial charge in [0.25, 0.3) is 0 Å². The van der Waals surface area contributed by atoms with Gasteiger partial charge in [-0.05, 0) is 56.6 Å². The van der Waals surface area contributed by atoms with Crippen LogP contribution in [0.25, 0.3) is 0 Å². The van der Waals surface area contributed by atoms with Crippen molar-refractivity contribution in [1.29, 1.82) is 0 Å². The van der Waals surface area contributed by atoms with E-state index in [0.29, 0.717) is 12.0 Å². The SMILES string of the molecule is CC1=CC(C(F)(F)F)=C(C2=CCCCC2)CC1. The molecule has 0 aromatic rings. The molecule has 0 heterocycles. The molecule has 94 valence electrons. The maximum Gasteiger partial charge on any atom is 0.416 e. The van der Waals surface area contributed by atoms with Crippen molar-refractivity contribution < 1.29 is 13.2 Å². The van der Waals surface area contributed by atoms with Gasteiger partial charge in [-0.15, -0.1) is 0 Å². The van der Waals surface area contributed by atoms with Gasteiger partial charge in [0.2, 0.25) is 0 Å². The van der Waals surface area contributed by atoms with E-state index < -0.39 is 11.7 Å². The Bertz CT molecular complexity index is 394. The lowest BCUT2D eigenvalue weighted by Crippen LogP contribution is -2.17. The topological polar surface area (TPSA) is 0 Å². The van der Waals surface area contributed by atoms with Crippen molar-refractivity contribution in [3.05, 3.63) is 34.4 Å². The van der Waals surface area contributed by atoms with Crippen LogP contribution in [0.3, 0.4) is 0 Å². The van der Waals surface area contributed by atoms with Crippen LogP contribution in [0.2, 0.25) is 0 Å². The van der Waals surface area contributed by atoms with E-state index in [0.717, 1.165) is 43.3 Å². The minimum absolute atomic E-state index is 0.408. The van der Waals surface area contributed by atoms with E-state index >= 15 is 0 Å². The summed E-state index contributed by atoms with van der Waals surface area (Å²) in [4.78, 5) is 0. The molecule has 0 saturated carbocycles. The third-order valence-electron chi connectivity index (χ3n) is 3.47. The molecule has 0 saturated heterocycles. The maximum absolute atomic E-state index is 13.0. The van der Waals surface area contributed by atoms with Gasteiger partial charge in [-0.1, -0.05) is 17.7 Å². The molecule has 0 radical (unpaired) electrons. The fourth-order valence-electron chi connectivity index (χ4n) is 2.56. The van der Waals surface area contributed by atoms with Gasteiger partial charge in [0.1, 0.15) is 0 Å². The first-order valence-corrected chi connectivity index (χ1v) is 6.15. The fraction of sp³-hybridized carbons (Fsp3) is 0.571. The number of hydrogen-bond acceptors (Lipinski definition) is 0. The minimum Gasteiger partial charge on any atom is -0.166 e. The molecular weight excluding hydrogens is 225 g/mol. The number of rotatable bonds is 1. The van der Waals surface area contributed by atoms with E-state index in [-0.39, 0.29) is 0 Å². The Balaban J connectivity index is 2.42. The zero-order chi connectivity index (χ0) is 12.5. The van der Waals surface area contributed by atoms with Crippen molar-refractivity contribution in [2.75, 3.05) is 0 Å². The standard InChI is InChI=1S/C14H17F3/c1-10-7-8-12(11-5-3-2-4-6-11)13(9-10)14(15,16)17/h5,9H,2-4,6-8H2,1H3. The van der Waals surface area contributed by atoms with Crippen LogP contribution >= 0.6 is 0 Å². The molecule has 2 aliphatic rings. The summed E-state index contributed by atoms with van der Waals surface area (Å²) < 4.78 is 39.0. The van der Waals surface area contributed by atoms with Crippen molar-refractivity contribution in [2.45, 2.75) is 51.6 Å². The molecular formula is C14H17F3. The Morgan fingerprint density at radius 1 is 1.06 bits per heavy atom. The fourth-order valence-corrected chi connectivity index (χ4v) is 2.56. The van der Waals surface area contributed by atoms with Gasteiger partial charge >= 0.3 is 6.18 Å². The highest BCUT2D eigenvalue weighted by Crippen LogP contribution is 2.40. The molecule has 0 amide bonds. The molecule has 0 nitrogen and oxygen atoms in total. The second kappa shape index (κ2) is 4.71. The van der Waals surface area contributed by atoms with Gasteiger partial charge < -0.3 is 0 Å². The van der Waals surface area contributed by atoms with Crippen LogP contribution in [0.1, 0.15) is 45.4 Å². The van der Waals surface area contributed by atoms with Crippen molar-refractivity contribution in [3.8, 4) is 0 Å². The third kappa shape index (κ3) is 2.82. The van der Waals surface area contributed by atoms with Crippen LogP contribution in [0, 0.1) is 0 Å². The van der Waals surface area contributed by atoms with Gasteiger partial charge in [-0.3, -0.25) is 0 Å².